The van der Waals surface area contributed by atoms with Crippen LogP contribution in [0.3, 0.4) is 0 Å². The van der Waals surface area contributed by atoms with E-state index in [2.05, 4.69) is 5.32 Å². The van der Waals surface area contributed by atoms with Crippen LogP contribution in [0, 0.1) is 0 Å². The predicted molar refractivity (Wildman–Crippen MR) is 91.8 cm³/mol. The van der Waals surface area contributed by atoms with Gasteiger partial charge in [0.05, 0.1) is 5.60 Å². The summed E-state index contributed by atoms with van der Waals surface area (Å²) >= 11 is 0. The molecule has 0 spiro atoms. The Labute approximate surface area is 142 Å². The molecule has 1 saturated heterocycles. The zero-order valence-electron chi connectivity index (χ0n) is 13.9. The summed E-state index contributed by atoms with van der Waals surface area (Å²) in [6.07, 6.45) is 4.33. The molecule has 1 aromatic rings. The Bertz CT molecular complexity index is 584. The molecule has 0 atom stereocenters. The number of amides is 3. The van der Waals surface area contributed by atoms with Crippen molar-refractivity contribution in [2.45, 2.75) is 37.7 Å². The zero-order valence-corrected chi connectivity index (χ0v) is 13.9. The molecule has 3 amide bonds. The van der Waals surface area contributed by atoms with Gasteiger partial charge in [-0.05, 0) is 31.4 Å². The highest BCUT2D eigenvalue weighted by atomic mass is 16.3. The van der Waals surface area contributed by atoms with Crippen molar-refractivity contribution in [2.75, 3.05) is 31.1 Å². The first-order valence-corrected chi connectivity index (χ1v) is 8.68. The molecule has 2 N–H and O–H groups in total. The minimum atomic E-state index is -0.616. The SMILES string of the molecule is O=C(NCCC1(O)CCCC1)N1CCN(c2ccccc2)C(=O)C1. The van der Waals surface area contributed by atoms with Crippen LogP contribution in [0.5, 0.6) is 0 Å². The average molecular weight is 331 g/mol. The fourth-order valence-electron chi connectivity index (χ4n) is 3.52. The molecule has 1 saturated carbocycles. The number of nitrogens with zero attached hydrogens (tertiary/aromatic N) is 2. The van der Waals surface area contributed by atoms with Crippen molar-refractivity contribution in [3.63, 3.8) is 0 Å². The summed E-state index contributed by atoms with van der Waals surface area (Å²) < 4.78 is 0. The highest BCUT2D eigenvalue weighted by Gasteiger charge is 2.31. The summed E-state index contributed by atoms with van der Waals surface area (Å²) in [5.74, 6) is -0.0722. The summed E-state index contributed by atoms with van der Waals surface area (Å²) in [6.45, 7) is 1.55. The number of hydrogen-bond acceptors (Lipinski definition) is 3. The standard InChI is InChI=1S/C18H25N3O3/c22-16-14-20(12-13-21(16)15-6-2-1-3-7-15)17(23)19-11-10-18(24)8-4-5-9-18/h1-3,6-7,24H,4-5,8-14H2,(H,19,23). The quantitative estimate of drug-likeness (QED) is 0.883. The summed E-state index contributed by atoms with van der Waals surface area (Å²) in [5, 5.41) is 13.1. The molecule has 0 unspecified atom stereocenters. The molecule has 6 nitrogen and oxygen atoms in total. The number of rotatable bonds is 4. The van der Waals surface area contributed by atoms with E-state index in [1.165, 1.54) is 0 Å². The lowest BCUT2D eigenvalue weighted by Gasteiger charge is -2.34. The molecule has 6 heteroatoms. The first-order valence-electron chi connectivity index (χ1n) is 8.68. The Morgan fingerprint density at radius 3 is 2.54 bits per heavy atom. The number of carbonyl (C=O) groups excluding carboxylic acids is 2. The number of carbonyl (C=O) groups is 2. The maximum atomic E-state index is 12.3. The Kier molecular flexibility index (Phi) is 5.04. The van der Waals surface area contributed by atoms with Crippen LogP contribution in [0.1, 0.15) is 32.1 Å². The molecule has 130 valence electrons. The first-order chi connectivity index (χ1) is 11.6. The van der Waals surface area contributed by atoms with Crippen molar-refractivity contribution in [2.24, 2.45) is 0 Å². The van der Waals surface area contributed by atoms with Crippen LogP contribution in [-0.2, 0) is 4.79 Å². The number of urea groups is 1. The van der Waals surface area contributed by atoms with Gasteiger partial charge >= 0.3 is 6.03 Å². The summed E-state index contributed by atoms with van der Waals surface area (Å²) in [4.78, 5) is 27.8. The van der Waals surface area contributed by atoms with Gasteiger partial charge in [0.15, 0.2) is 0 Å². The number of benzene rings is 1. The Morgan fingerprint density at radius 2 is 1.88 bits per heavy atom. The van der Waals surface area contributed by atoms with Crippen LogP contribution < -0.4 is 10.2 Å². The molecule has 3 rings (SSSR count). The number of anilines is 1. The highest BCUT2D eigenvalue weighted by molar-refractivity contribution is 5.97. The minimum Gasteiger partial charge on any atom is -0.390 e. The fourth-order valence-corrected chi connectivity index (χ4v) is 3.52. The van der Waals surface area contributed by atoms with Crippen LogP contribution >= 0.6 is 0 Å². The van der Waals surface area contributed by atoms with E-state index < -0.39 is 5.60 Å². The second-order valence-electron chi connectivity index (χ2n) is 6.72. The van der Waals surface area contributed by atoms with Gasteiger partial charge in [0.25, 0.3) is 0 Å². The van der Waals surface area contributed by atoms with Crippen molar-refractivity contribution in [1.29, 1.82) is 0 Å². The van der Waals surface area contributed by atoms with Crippen LogP contribution in [0.2, 0.25) is 0 Å². The molecule has 0 aromatic heterocycles. The molecular weight excluding hydrogens is 306 g/mol. The molecule has 24 heavy (non-hydrogen) atoms. The Hall–Kier alpha value is -2.08. The lowest BCUT2D eigenvalue weighted by Crippen LogP contribution is -2.55. The smallest absolute Gasteiger partial charge is 0.317 e. The molecule has 0 radical (unpaired) electrons. The second kappa shape index (κ2) is 7.21. The number of nitrogens with one attached hydrogen (secondary N) is 1. The molecule has 1 aliphatic carbocycles. The van der Waals surface area contributed by atoms with Crippen molar-refractivity contribution in [3.05, 3.63) is 30.3 Å². The topological polar surface area (TPSA) is 72.9 Å². The van der Waals surface area contributed by atoms with Crippen LogP contribution in [0.15, 0.2) is 30.3 Å². The van der Waals surface area contributed by atoms with E-state index in [9.17, 15) is 14.7 Å². The van der Waals surface area contributed by atoms with Crippen molar-refractivity contribution in [1.82, 2.24) is 10.2 Å². The van der Waals surface area contributed by atoms with Crippen molar-refractivity contribution in [3.8, 4) is 0 Å². The maximum Gasteiger partial charge on any atom is 0.317 e. The van der Waals surface area contributed by atoms with E-state index in [0.717, 1.165) is 31.4 Å². The van der Waals surface area contributed by atoms with Gasteiger partial charge in [0.1, 0.15) is 6.54 Å². The molecule has 1 heterocycles. The summed E-state index contributed by atoms with van der Waals surface area (Å²) in [6, 6.07) is 9.28. The third-order valence-electron chi connectivity index (χ3n) is 4.98. The monoisotopic (exact) mass is 331 g/mol. The van der Waals surface area contributed by atoms with Gasteiger partial charge in [0, 0.05) is 25.3 Å². The van der Waals surface area contributed by atoms with Crippen molar-refractivity contribution >= 4 is 17.6 Å². The minimum absolute atomic E-state index is 0.0722. The Balaban J connectivity index is 1.46. The number of hydrogen-bond donors (Lipinski definition) is 2. The number of para-hydroxylation sites is 1. The van der Waals surface area contributed by atoms with Gasteiger partial charge in [-0.3, -0.25) is 4.79 Å². The predicted octanol–water partition coefficient (Wildman–Crippen LogP) is 1.74. The summed E-state index contributed by atoms with van der Waals surface area (Å²) in [5.41, 5.74) is 0.251. The van der Waals surface area contributed by atoms with Crippen LogP contribution in [0.4, 0.5) is 10.5 Å². The van der Waals surface area contributed by atoms with Gasteiger partial charge in [-0.15, -0.1) is 0 Å². The van der Waals surface area contributed by atoms with E-state index >= 15 is 0 Å². The van der Waals surface area contributed by atoms with Gasteiger partial charge in [-0.25, -0.2) is 4.79 Å². The normalized spacial score (nSPS) is 20.3. The molecule has 1 aliphatic heterocycles. The van der Waals surface area contributed by atoms with E-state index in [1.54, 1.807) is 9.80 Å². The first kappa shape index (κ1) is 16.8. The third-order valence-corrected chi connectivity index (χ3v) is 4.98. The maximum absolute atomic E-state index is 12.3. The third kappa shape index (κ3) is 3.87. The molecule has 2 aliphatic rings. The lowest BCUT2D eigenvalue weighted by molar-refractivity contribution is -0.120. The molecule has 1 aromatic carbocycles. The lowest BCUT2D eigenvalue weighted by atomic mass is 9.98. The largest absolute Gasteiger partial charge is 0.390 e. The average Bonchev–Trinajstić information content (AvgIpc) is 3.02. The van der Waals surface area contributed by atoms with E-state index in [-0.39, 0.29) is 18.5 Å². The van der Waals surface area contributed by atoms with Gasteiger partial charge in [-0.2, -0.15) is 0 Å². The van der Waals surface area contributed by atoms with Crippen LogP contribution in [-0.4, -0.2) is 53.7 Å². The van der Waals surface area contributed by atoms with Gasteiger partial charge < -0.3 is 20.2 Å². The highest BCUT2D eigenvalue weighted by Crippen LogP contribution is 2.31. The Morgan fingerprint density at radius 1 is 1.17 bits per heavy atom. The second-order valence-corrected chi connectivity index (χ2v) is 6.72. The molecule has 2 fully saturated rings. The van der Waals surface area contributed by atoms with E-state index in [0.29, 0.717) is 26.1 Å². The number of piperazine rings is 1. The van der Waals surface area contributed by atoms with Gasteiger partial charge in [-0.1, -0.05) is 31.0 Å². The molecular formula is C18H25N3O3. The number of aliphatic hydroxyl groups is 1. The fraction of sp³-hybridized carbons (Fsp3) is 0.556. The van der Waals surface area contributed by atoms with Crippen molar-refractivity contribution < 1.29 is 14.7 Å². The zero-order chi connectivity index (χ0) is 17.0. The van der Waals surface area contributed by atoms with E-state index in [1.807, 2.05) is 30.3 Å². The van der Waals surface area contributed by atoms with E-state index in [4.69, 9.17) is 0 Å². The van der Waals surface area contributed by atoms with Gasteiger partial charge in [0.2, 0.25) is 5.91 Å². The molecule has 0 bridgehead atoms. The van der Waals surface area contributed by atoms with Crippen LogP contribution in [0.25, 0.3) is 0 Å². The summed E-state index contributed by atoms with van der Waals surface area (Å²) in [7, 11) is 0.